The first-order chi connectivity index (χ1) is 10.6. The molecule has 0 aliphatic heterocycles. The van der Waals surface area contributed by atoms with Crippen LogP contribution in [0.15, 0.2) is 24.4 Å². The second-order valence-corrected chi connectivity index (χ2v) is 6.79. The lowest BCUT2D eigenvalue weighted by molar-refractivity contribution is 0.102. The number of anilines is 1. The van der Waals surface area contributed by atoms with Gasteiger partial charge in [0.2, 0.25) is 0 Å². The summed E-state index contributed by atoms with van der Waals surface area (Å²) in [5.74, 6) is 0.533. The van der Waals surface area contributed by atoms with Crippen LogP contribution in [0.3, 0.4) is 0 Å². The van der Waals surface area contributed by atoms with Crippen molar-refractivity contribution in [2.75, 3.05) is 5.32 Å². The molecular formula is C16H16N4OS. The quantitative estimate of drug-likeness (QED) is 0.805. The van der Waals surface area contributed by atoms with E-state index in [1.165, 1.54) is 17.8 Å². The van der Waals surface area contributed by atoms with Gasteiger partial charge in [0.05, 0.1) is 27.0 Å². The zero-order valence-electron chi connectivity index (χ0n) is 12.5. The van der Waals surface area contributed by atoms with Crippen molar-refractivity contribution in [3.63, 3.8) is 0 Å². The molecule has 1 aliphatic carbocycles. The molecule has 2 aromatic heterocycles. The van der Waals surface area contributed by atoms with Crippen LogP contribution in [0.2, 0.25) is 0 Å². The van der Waals surface area contributed by atoms with E-state index in [2.05, 4.69) is 15.4 Å². The Kier molecular flexibility index (Phi) is 3.00. The van der Waals surface area contributed by atoms with Crippen LogP contribution < -0.4 is 5.32 Å². The second kappa shape index (κ2) is 4.91. The highest BCUT2D eigenvalue weighted by Gasteiger charge is 2.27. The van der Waals surface area contributed by atoms with E-state index in [0.29, 0.717) is 11.5 Å². The van der Waals surface area contributed by atoms with Gasteiger partial charge >= 0.3 is 0 Å². The number of hydrogen-bond acceptors (Lipinski definition) is 4. The number of aromatic nitrogens is 3. The average molecular weight is 312 g/mol. The van der Waals surface area contributed by atoms with Gasteiger partial charge in [-0.15, -0.1) is 11.3 Å². The number of rotatable bonds is 3. The van der Waals surface area contributed by atoms with Gasteiger partial charge in [0.1, 0.15) is 0 Å². The van der Waals surface area contributed by atoms with Crippen LogP contribution in [0.1, 0.15) is 39.8 Å². The van der Waals surface area contributed by atoms with Crippen molar-refractivity contribution >= 4 is 33.1 Å². The minimum atomic E-state index is -0.128. The van der Waals surface area contributed by atoms with E-state index in [0.717, 1.165) is 21.6 Å². The van der Waals surface area contributed by atoms with E-state index in [4.69, 9.17) is 0 Å². The summed E-state index contributed by atoms with van der Waals surface area (Å²) in [5.41, 5.74) is 3.27. The lowest BCUT2D eigenvalue weighted by Crippen LogP contribution is -2.12. The first-order valence-corrected chi connectivity index (χ1v) is 8.14. The van der Waals surface area contributed by atoms with Gasteiger partial charge < -0.3 is 5.32 Å². The third kappa shape index (κ3) is 2.29. The molecule has 0 unspecified atom stereocenters. The number of hydrogen-bond donors (Lipinski definition) is 1. The third-order valence-corrected chi connectivity index (χ3v) is 5.25. The van der Waals surface area contributed by atoms with Crippen molar-refractivity contribution < 1.29 is 4.79 Å². The summed E-state index contributed by atoms with van der Waals surface area (Å²) in [6, 6.07) is 5.88. The fourth-order valence-corrected chi connectivity index (χ4v) is 3.62. The van der Waals surface area contributed by atoms with Crippen molar-refractivity contribution in [1.82, 2.24) is 14.8 Å². The minimum absolute atomic E-state index is 0.128. The molecule has 1 aliphatic rings. The highest BCUT2D eigenvalue weighted by atomic mass is 32.1. The highest BCUT2D eigenvalue weighted by molar-refractivity contribution is 7.18. The summed E-state index contributed by atoms with van der Waals surface area (Å²) >= 11 is 1.73. The van der Waals surface area contributed by atoms with Gasteiger partial charge in [-0.3, -0.25) is 9.48 Å². The predicted octanol–water partition coefficient (Wildman–Crippen LogP) is 3.47. The molecule has 4 rings (SSSR count). The van der Waals surface area contributed by atoms with Crippen LogP contribution in [-0.4, -0.2) is 20.7 Å². The number of nitrogens with zero attached hydrogens (tertiary/aromatic N) is 3. The van der Waals surface area contributed by atoms with E-state index in [9.17, 15) is 4.79 Å². The maximum absolute atomic E-state index is 12.3. The lowest BCUT2D eigenvalue weighted by atomic mass is 10.2. The van der Waals surface area contributed by atoms with Crippen molar-refractivity contribution in [3.8, 4) is 0 Å². The Morgan fingerprint density at radius 2 is 2.23 bits per heavy atom. The molecule has 2 heterocycles. The van der Waals surface area contributed by atoms with Crippen molar-refractivity contribution in [3.05, 3.63) is 40.7 Å². The number of amides is 1. The number of benzene rings is 1. The second-order valence-electron chi connectivity index (χ2n) is 5.73. The zero-order valence-corrected chi connectivity index (χ0v) is 13.3. The lowest BCUT2D eigenvalue weighted by Gasteiger charge is -2.04. The maximum Gasteiger partial charge on any atom is 0.259 e. The predicted molar refractivity (Wildman–Crippen MR) is 87.5 cm³/mol. The van der Waals surface area contributed by atoms with Gasteiger partial charge in [-0.25, -0.2) is 4.98 Å². The van der Waals surface area contributed by atoms with Gasteiger partial charge in [-0.2, -0.15) is 5.10 Å². The van der Waals surface area contributed by atoms with E-state index >= 15 is 0 Å². The van der Waals surface area contributed by atoms with E-state index in [-0.39, 0.29) is 5.91 Å². The Labute approximate surface area is 132 Å². The van der Waals surface area contributed by atoms with E-state index in [1.54, 1.807) is 22.2 Å². The van der Waals surface area contributed by atoms with Gasteiger partial charge in [-0.05, 0) is 38.0 Å². The smallest absolute Gasteiger partial charge is 0.259 e. The minimum Gasteiger partial charge on any atom is -0.322 e. The zero-order chi connectivity index (χ0) is 15.3. The Bertz CT molecular complexity index is 876. The fourth-order valence-electron chi connectivity index (χ4n) is 2.45. The fraction of sp³-hybridized carbons (Fsp3) is 0.312. The summed E-state index contributed by atoms with van der Waals surface area (Å²) in [5, 5.41) is 8.28. The molecule has 0 saturated heterocycles. The largest absolute Gasteiger partial charge is 0.322 e. The normalized spacial score (nSPS) is 14.5. The van der Waals surface area contributed by atoms with Gasteiger partial charge in [0.25, 0.3) is 5.91 Å². The highest BCUT2D eigenvalue weighted by Crippen LogP contribution is 2.43. The Morgan fingerprint density at radius 1 is 1.41 bits per heavy atom. The summed E-state index contributed by atoms with van der Waals surface area (Å²) in [6.45, 7) is 1.89. The molecule has 0 spiro atoms. The number of nitrogens with one attached hydrogen (secondary N) is 1. The van der Waals surface area contributed by atoms with E-state index < -0.39 is 0 Å². The molecule has 112 valence electrons. The monoisotopic (exact) mass is 312 g/mol. The first kappa shape index (κ1) is 13.5. The maximum atomic E-state index is 12.3. The van der Waals surface area contributed by atoms with Crippen molar-refractivity contribution in [2.45, 2.75) is 25.7 Å². The molecule has 6 heteroatoms. The number of carbonyl (C=O) groups is 1. The van der Waals surface area contributed by atoms with Crippen LogP contribution in [0.4, 0.5) is 5.69 Å². The van der Waals surface area contributed by atoms with Crippen LogP contribution in [0.5, 0.6) is 0 Å². The third-order valence-electron chi connectivity index (χ3n) is 4.07. The number of carbonyl (C=O) groups excluding carboxylic acids is 1. The van der Waals surface area contributed by atoms with Crippen LogP contribution in [-0.2, 0) is 7.05 Å². The number of thiazole rings is 1. The number of aryl methyl sites for hydroxylation is 1. The van der Waals surface area contributed by atoms with Gasteiger partial charge in [-0.1, -0.05) is 0 Å². The molecule has 22 heavy (non-hydrogen) atoms. The molecular weight excluding hydrogens is 296 g/mol. The van der Waals surface area contributed by atoms with Crippen molar-refractivity contribution in [2.24, 2.45) is 7.05 Å². The van der Waals surface area contributed by atoms with Gasteiger partial charge in [0, 0.05) is 24.3 Å². The average Bonchev–Trinajstić information content (AvgIpc) is 3.18. The van der Waals surface area contributed by atoms with Crippen LogP contribution in [0, 0.1) is 6.92 Å². The Hall–Kier alpha value is -2.21. The van der Waals surface area contributed by atoms with Crippen LogP contribution >= 0.6 is 11.3 Å². The molecule has 3 aromatic rings. The first-order valence-electron chi connectivity index (χ1n) is 7.32. The molecule has 5 nitrogen and oxygen atoms in total. The summed E-state index contributed by atoms with van der Waals surface area (Å²) in [7, 11) is 1.83. The summed E-state index contributed by atoms with van der Waals surface area (Å²) < 4.78 is 2.83. The molecule has 1 N–H and O–H groups in total. The standard InChI is InChI=1S/C16H16N4OS/c1-9-12(8-17-20(9)2)15(21)18-11-5-6-13-14(7-11)22-16(19-13)10-3-4-10/h5-8,10H,3-4H2,1-2H3,(H,18,21). The summed E-state index contributed by atoms with van der Waals surface area (Å²) in [6.07, 6.45) is 4.11. The topological polar surface area (TPSA) is 59.8 Å². The van der Waals surface area contributed by atoms with E-state index in [1.807, 2.05) is 32.2 Å². The molecule has 0 atom stereocenters. The molecule has 1 amide bonds. The molecule has 1 fully saturated rings. The SMILES string of the molecule is Cc1c(C(=O)Nc2ccc3nc(C4CC4)sc3c2)cnn1C. The summed E-state index contributed by atoms with van der Waals surface area (Å²) in [4.78, 5) is 17.0. The molecule has 1 aromatic carbocycles. The van der Waals surface area contributed by atoms with Crippen molar-refractivity contribution in [1.29, 1.82) is 0 Å². The molecule has 0 radical (unpaired) electrons. The molecule has 1 saturated carbocycles. The van der Waals surface area contributed by atoms with Crippen LogP contribution in [0.25, 0.3) is 10.2 Å². The Balaban J connectivity index is 1.60. The number of fused-ring (bicyclic) bond motifs is 1. The molecule has 0 bridgehead atoms. The van der Waals surface area contributed by atoms with Gasteiger partial charge in [0.15, 0.2) is 0 Å². The Morgan fingerprint density at radius 3 is 2.91 bits per heavy atom.